The van der Waals surface area contributed by atoms with Crippen LogP contribution in [0.1, 0.15) is 30.5 Å². The number of carbonyl (C=O) groups is 2. The highest BCUT2D eigenvalue weighted by Crippen LogP contribution is 2.29. The molecule has 4 aromatic rings. The lowest BCUT2D eigenvalue weighted by Crippen LogP contribution is -2.53. The van der Waals surface area contributed by atoms with E-state index in [1.807, 2.05) is 57.2 Å². The van der Waals surface area contributed by atoms with Crippen LogP contribution in [0, 0.1) is 12.8 Å². The summed E-state index contributed by atoms with van der Waals surface area (Å²) in [5.74, 6) is -0.716. The van der Waals surface area contributed by atoms with E-state index in [1.165, 1.54) is 23.1 Å². The van der Waals surface area contributed by atoms with Crippen molar-refractivity contribution in [3.8, 4) is 0 Å². The van der Waals surface area contributed by atoms with Crippen LogP contribution in [-0.4, -0.2) is 44.3 Å². The van der Waals surface area contributed by atoms with Crippen LogP contribution in [0.25, 0.3) is 0 Å². The molecule has 4 aromatic carbocycles. The molecule has 0 saturated heterocycles. The van der Waals surface area contributed by atoms with Crippen molar-refractivity contribution in [1.82, 2.24) is 10.2 Å². The number of rotatable bonds is 13. The number of halogens is 2. The van der Waals surface area contributed by atoms with Gasteiger partial charge in [0.25, 0.3) is 10.0 Å². The van der Waals surface area contributed by atoms with Gasteiger partial charge in [0.15, 0.2) is 0 Å². The Labute approximate surface area is 275 Å². The summed E-state index contributed by atoms with van der Waals surface area (Å²) in [5.41, 5.74) is 2.54. The summed E-state index contributed by atoms with van der Waals surface area (Å²) in [6, 6.07) is 28.3. The van der Waals surface area contributed by atoms with Gasteiger partial charge in [-0.3, -0.25) is 13.9 Å². The SMILES string of the molecule is Cc1ccc(N(CC(=O)N(Cc2cccc(Cl)c2)[C@H](Cc2ccccc2)C(=O)NCC(C)C)S(=O)(=O)c2ccccc2)cc1Cl. The van der Waals surface area contributed by atoms with Crippen LogP contribution in [0.15, 0.2) is 108 Å². The third-order valence-electron chi connectivity index (χ3n) is 7.25. The Morgan fingerprint density at radius 1 is 0.822 bits per heavy atom. The van der Waals surface area contributed by atoms with Gasteiger partial charge in [-0.25, -0.2) is 8.42 Å². The Kier molecular flexibility index (Phi) is 11.7. The van der Waals surface area contributed by atoms with Gasteiger partial charge in [-0.15, -0.1) is 0 Å². The fourth-order valence-corrected chi connectivity index (χ4v) is 6.61. The monoisotopic (exact) mass is 665 g/mol. The lowest BCUT2D eigenvalue weighted by atomic mass is 10.0. The molecule has 0 aliphatic carbocycles. The number of hydrogen-bond donors (Lipinski definition) is 1. The van der Waals surface area contributed by atoms with Gasteiger partial charge in [0.2, 0.25) is 11.8 Å². The average Bonchev–Trinajstić information content (AvgIpc) is 3.02. The molecule has 7 nitrogen and oxygen atoms in total. The molecule has 0 aromatic heterocycles. The molecule has 0 heterocycles. The van der Waals surface area contributed by atoms with Crippen LogP contribution < -0.4 is 9.62 Å². The minimum Gasteiger partial charge on any atom is -0.354 e. The van der Waals surface area contributed by atoms with Crippen LogP contribution in [0.3, 0.4) is 0 Å². The number of nitrogens with one attached hydrogen (secondary N) is 1. The Balaban J connectivity index is 1.81. The first-order valence-electron chi connectivity index (χ1n) is 14.6. The van der Waals surface area contributed by atoms with Crippen molar-refractivity contribution in [3.05, 3.63) is 130 Å². The predicted octanol–water partition coefficient (Wildman–Crippen LogP) is 6.91. The first-order valence-corrected chi connectivity index (χ1v) is 16.8. The third kappa shape index (κ3) is 9.10. The zero-order valence-electron chi connectivity index (χ0n) is 25.5. The molecule has 45 heavy (non-hydrogen) atoms. The normalized spacial score (nSPS) is 12.0. The zero-order chi connectivity index (χ0) is 32.6. The van der Waals surface area contributed by atoms with Gasteiger partial charge in [-0.1, -0.05) is 104 Å². The third-order valence-corrected chi connectivity index (χ3v) is 9.68. The van der Waals surface area contributed by atoms with E-state index >= 15 is 0 Å². The highest BCUT2D eigenvalue weighted by atomic mass is 35.5. The topological polar surface area (TPSA) is 86.8 Å². The molecule has 0 spiro atoms. The van der Waals surface area contributed by atoms with Crippen LogP contribution in [0.2, 0.25) is 10.0 Å². The summed E-state index contributed by atoms with van der Waals surface area (Å²) in [6.45, 7) is 5.66. The molecular formula is C35H37Cl2N3O4S. The molecular weight excluding hydrogens is 629 g/mol. The molecule has 0 aliphatic heterocycles. The summed E-state index contributed by atoms with van der Waals surface area (Å²) < 4.78 is 29.2. The maximum Gasteiger partial charge on any atom is 0.264 e. The number of amides is 2. The summed E-state index contributed by atoms with van der Waals surface area (Å²) in [6.07, 6.45) is 0.221. The molecule has 0 aliphatic rings. The molecule has 0 saturated carbocycles. The highest BCUT2D eigenvalue weighted by molar-refractivity contribution is 7.92. The number of sulfonamides is 1. The lowest BCUT2D eigenvalue weighted by molar-refractivity contribution is -0.140. The summed E-state index contributed by atoms with van der Waals surface area (Å²) in [7, 11) is -4.21. The maximum absolute atomic E-state index is 14.5. The van der Waals surface area contributed by atoms with Crippen molar-refractivity contribution in [2.75, 3.05) is 17.4 Å². The minimum absolute atomic E-state index is 0.0198. The maximum atomic E-state index is 14.5. The van der Waals surface area contributed by atoms with Gasteiger partial charge in [0.05, 0.1) is 10.6 Å². The molecule has 0 radical (unpaired) electrons. The van der Waals surface area contributed by atoms with Crippen LogP contribution >= 0.6 is 23.2 Å². The van der Waals surface area contributed by atoms with E-state index in [0.29, 0.717) is 22.2 Å². The standard InChI is InChI=1S/C35H37Cl2N3O4S/c1-25(2)22-38-35(42)33(20-27-11-6-4-7-12-27)39(23-28-13-10-14-29(36)19-28)34(41)24-40(30-18-17-26(3)32(37)21-30)45(43,44)31-15-8-5-9-16-31/h4-19,21,25,33H,20,22-24H2,1-3H3,(H,38,42)/t33-/m1/s1. The van der Waals surface area contributed by atoms with E-state index in [9.17, 15) is 18.0 Å². The summed E-state index contributed by atoms with van der Waals surface area (Å²) in [5, 5.41) is 3.82. The molecule has 236 valence electrons. The Morgan fingerprint density at radius 3 is 2.09 bits per heavy atom. The molecule has 0 unspecified atom stereocenters. The second-order valence-electron chi connectivity index (χ2n) is 11.3. The van der Waals surface area contributed by atoms with E-state index in [1.54, 1.807) is 48.5 Å². The fraction of sp³-hybridized carbons (Fsp3) is 0.257. The summed E-state index contributed by atoms with van der Waals surface area (Å²) in [4.78, 5) is 29.8. The van der Waals surface area contributed by atoms with E-state index in [2.05, 4.69) is 5.32 Å². The van der Waals surface area contributed by atoms with Gasteiger partial charge in [-0.2, -0.15) is 0 Å². The lowest BCUT2D eigenvalue weighted by Gasteiger charge is -2.34. The van der Waals surface area contributed by atoms with Crippen molar-refractivity contribution in [1.29, 1.82) is 0 Å². The molecule has 10 heteroatoms. The van der Waals surface area contributed by atoms with E-state index in [4.69, 9.17) is 23.2 Å². The first kappa shape index (κ1) is 34.0. The average molecular weight is 667 g/mol. The van der Waals surface area contributed by atoms with E-state index < -0.39 is 28.5 Å². The first-order chi connectivity index (χ1) is 21.5. The Bertz CT molecular complexity index is 1720. The quantitative estimate of drug-likeness (QED) is 0.168. The van der Waals surface area contributed by atoms with Crippen LogP contribution in [-0.2, 0) is 32.6 Å². The molecule has 4 rings (SSSR count). The number of nitrogens with zero attached hydrogens (tertiary/aromatic N) is 2. The second-order valence-corrected chi connectivity index (χ2v) is 14.0. The number of carbonyl (C=O) groups excluding carboxylic acids is 2. The van der Waals surface area contributed by atoms with Gasteiger partial charge in [0.1, 0.15) is 12.6 Å². The largest absolute Gasteiger partial charge is 0.354 e. The molecule has 1 N–H and O–H groups in total. The number of hydrogen-bond acceptors (Lipinski definition) is 4. The fourth-order valence-electron chi connectivity index (χ4n) is 4.79. The van der Waals surface area contributed by atoms with Crippen molar-refractivity contribution >= 4 is 50.7 Å². The van der Waals surface area contributed by atoms with Crippen LogP contribution in [0.4, 0.5) is 5.69 Å². The van der Waals surface area contributed by atoms with Gasteiger partial charge in [0, 0.05) is 29.6 Å². The zero-order valence-corrected chi connectivity index (χ0v) is 27.8. The van der Waals surface area contributed by atoms with Gasteiger partial charge in [-0.05, 0) is 65.9 Å². The van der Waals surface area contributed by atoms with Crippen molar-refractivity contribution in [2.24, 2.45) is 5.92 Å². The Hall–Kier alpha value is -3.85. The highest BCUT2D eigenvalue weighted by Gasteiger charge is 2.34. The van der Waals surface area contributed by atoms with E-state index in [-0.39, 0.29) is 35.4 Å². The number of aryl methyl sites for hydroxylation is 1. The van der Waals surface area contributed by atoms with Crippen molar-refractivity contribution in [2.45, 2.75) is 44.7 Å². The summed E-state index contributed by atoms with van der Waals surface area (Å²) >= 11 is 12.7. The smallest absolute Gasteiger partial charge is 0.264 e. The van der Waals surface area contributed by atoms with Crippen molar-refractivity contribution in [3.63, 3.8) is 0 Å². The van der Waals surface area contributed by atoms with Gasteiger partial charge < -0.3 is 10.2 Å². The van der Waals surface area contributed by atoms with E-state index in [0.717, 1.165) is 15.4 Å². The Morgan fingerprint density at radius 2 is 1.47 bits per heavy atom. The molecule has 2 amide bonds. The molecule has 0 fully saturated rings. The number of benzene rings is 4. The van der Waals surface area contributed by atoms with Gasteiger partial charge >= 0.3 is 0 Å². The van der Waals surface area contributed by atoms with Crippen LogP contribution in [0.5, 0.6) is 0 Å². The second kappa shape index (κ2) is 15.4. The molecule has 0 bridgehead atoms. The number of anilines is 1. The minimum atomic E-state index is -4.21. The van der Waals surface area contributed by atoms with Crippen molar-refractivity contribution < 1.29 is 18.0 Å². The molecule has 1 atom stereocenters. The predicted molar refractivity (Wildman–Crippen MR) is 181 cm³/mol.